The van der Waals surface area contributed by atoms with Crippen LogP contribution in [0.2, 0.25) is 0 Å². The SMILES string of the molecule is Nc1ncnc2c(N[C@H]3O[C@H](CO)[C@@H](O)C3(F)F)ncnc12. The second-order valence-corrected chi connectivity index (χ2v) is 4.68. The van der Waals surface area contributed by atoms with E-state index >= 15 is 0 Å². The summed E-state index contributed by atoms with van der Waals surface area (Å²) in [6.45, 7) is -0.741. The van der Waals surface area contributed by atoms with Crippen molar-refractivity contribution in [2.75, 3.05) is 17.7 Å². The van der Waals surface area contributed by atoms with E-state index < -0.39 is 31.0 Å². The number of fused-ring (bicyclic) bond motifs is 1. The van der Waals surface area contributed by atoms with Gasteiger partial charge in [0.15, 0.2) is 24.0 Å². The third-order valence-electron chi connectivity index (χ3n) is 3.30. The maximum absolute atomic E-state index is 14.0. The van der Waals surface area contributed by atoms with Crippen molar-refractivity contribution < 1.29 is 23.7 Å². The van der Waals surface area contributed by atoms with E-state index in [0.717, 1.165) is 12.7 Å². The van der Waals surface area contributed by atoms with Crippen molar-refractivity contribution >= 4 is 22.7 Å². The molecule has 9 nitrogen and oxygen atoms in total. The Morgan fingerprint density at radius 1 is 1.23 bits per heavy atom. The van der Waals surface area contributed by atoms with Crippen molar-refractivity contribution in [3.8, 4) is 0 Å². The lowest BCUT2D eigenvalue weighted by molar-refractivity contribution is -0.103. The van der Waals surface area contributed by atoms with E-state index in [1.807, 2.05) is 0 Å². The van der Waals surface area contributed by atoms with Gasteiger partial charge >= 0.3 is 5.92 Å². The molecule has 2 aromatic rings. The molecule has 5 N–H and O–H groups in total. The Kier molecular flexibility index (Phi) is 3.47. The number of hydrogen-bond acceptors (Lipinski definition) is 9. The number of ether oxygens (including phenoxy) is 1. The van der Waals surface area contributed by atoms with Crippen molar-refractivity contribution in [1.29, 1.82) is 0 Å². The smallest absolute Gasteiger partial charge is 0.319 e. The first-order chi connectivity index (χ1) is 10.4. The zero-order valence-corrected chi connectivity index (χ0v) is 11.0. The summed E-state index contributed by atoms with van der Waals surface area (Å²) in [5, 5.41) is 20.8. The number of aromatic nitrogens is 4. The fraction of sp³-hybridized carbons (Fsp3) is 0.455. The zero-order valence-electron chi connectivity index (χ0n) is 11.0. The molecule has 1 aliphatic heterocycles. The number of nitrogen functional groups attached to an aromatic ring is 1. The highest BCUT2D eigenvalue weighted by Crippen LogP contribution is 2.37. The molecule has 0 aromatic carbocycles. The Hall–Kier alpha value is -2.24. The van der Waals surface area contributed by atoms with Crippen LogP contribution in [0.5, 0.6) is 0 Å². The van der Waals surface area contributed by atoms with Gasteiger partial charge in [-0.1, -0.05) is 0 Å². The number of alkyl halides is 2. The highest BCUT2D eigenvalue weighted by molar-refractivity contribution is 5.91. The molecular formula is C11H12F2N6O3. The maximum Gasteiger partial charge on any atom is 0.319 e. The van der Waals surface area contributed by atoms with E-state index in [4.69, 9.17) is 15.6 Å². The minimum Gasteiger partial charge on any atom is -0.394 e. The van der Waals surface area contributed by atoms with Crippen molar-refractivity contribution in [2.24, 2.45) is 0 Å². The number of halogens is 2. The van der Waals surface area contributed by atoms with Crippen LogP contribution in [0.3, 0.4) is 0 Å². The normalized spacial score (nSPS) is 27.2. The van der Waals surface area contributed by atoms with Crippen LogP contribution in [0.4, 0.5) is 20.4 Å². The van der Waals surface area contributed by atoms with E-state index in [0.29, 0.717) is 0 Å². The molecule has 118 valence electrons. The molecule has 1 saturated heterocycles. The monoisotopic (exact) mass is 314 g/mol. The second-order valence-electron chi connectivity index (χ2n) is 4.68. The molecule has 3 atom stereocenters. The van der Waals surface area contributed by atoms with Crippen molar-refractivity contribution in [2.45, 2.75) is 24.4 Å². The van der Waals surface area contributed by atoms with Crippen molar-refractivity contribution in [3.63, 3.8) is 0 Å². The van der Waals surface area contributed by atoms with Gasteiger partial charge in [-0.3, -0.25) is 0 Å². The van der Waals surface area contributed by atoms with Crippen LogP contribution in [0, 0.1) is 0 Å². The van der Waals surface area contributed by atoms with Crippen LogP contribution in [-0.4, -0.2) is 61.1 Å². The summed E-state index contributed by atoms with van der Waals surface area (Å²) in [5.41, 5.74) is 5.96. The molecule has 22 heavy (non-hydrogen) atoms. The number of aliphatic hydroxyl groups excluding tert-OH is 2. The molecule has 1 aliphatic rings. The average Bonchev–Trinajstić information content (AvgIpc) is 2.71. The van der Waals surface area contributed by atoms with Crippen LogP contribution < -0.4 is 11.1 Å². The predicted octanol–water partition coefficient (Wildman–Crippen LogP) is -0.873. The largest absolute Gasteiger partial charge is 0.394 e. The fourth-order valence-corrected chi connectivity index (χ4v) is 2.14. The van der Waals surface area contributed by atoms with Gasteiger partial charge in [-0.15, -0.1) is 0 Å². The van der Waals surface area contributed by atoms with Crippen LogP contribution in [-0.2, 0) is 4.74 Å². The third-order valence-corrected chi connectivity index (χ3v) is 3.30. The van der Waals surface area contributed by atoms with Crippen LogP contribution in [0.1, 0.15) is 0 Å². The van der Waals surface area contributed by atoms with Gasteiger partial charge < -0.3 is 26.0 Å². The van der Waals surface area contributed by atoms with Crippen LogP contribution in [0.15, 0.2) is 12.7 Å². The summed E-state index contributed by atoms with van der Waals surface area (Å²) < 4.78 is 32.8. The number of aliphatic hydroxyl groups is 2. The number of anilines is 2. The van der Waals surface area contributed by atoms with E-state index in [2.05, 4.69) is 25.3 Å². The van der Waals surface area contributed by atoms with Gasteiger partial charge in [0.1, 0.15) is 29.8 Å². The van der Waals surface area contributed by atoms with Gasteiger partial charge in [-0.25, -0.2) is 19.9 Å². The summed E-state index contributed by atoms with van der Waals surface area (Å²) in [5.74, 6) is -3.60. The van der Waals surface area contributed by atoms with Gasteiger partial charge in [0.05, 0.1) is 6.61 Å². The predicted molar refractivity (Wildman–Crippen MR) is 69.9 cm³/mol. The molecule has 11 heteroatoms. The molecule has 0 bridgehead atoms. The molecule has 3 rings (SSSR count). The van der Waals surface area contributed by atoms with Crippen LogP contribution in [0.25, 0.3) is 11.0 Å². The molecule has 0 radical (unpaired) electrons. The Morgan fingerprint density at radius 2 is 1.91 bits per heavy atom. The van der Waals surface area contributed by atoms with E-state index in [1.165, 1.54) is 0 Å². The number of rotatable bonds is 3. The highest BCUT2D eigenvalue weighted by atomic mass is 19.3. The summed E-state index contributed by atoms with van der Waals surface area (Å²) in [7, 11) is 0. The molecule has 0 unspecified atom stereocenters. The second kappa shape index (κ2) is 5.19. The molecular weight excluding hydrogens is 302 g/mol. The Morgan fingerprint density at radius 3 is 2.59 bits per heavy atom. The van der Waals surface area contributed by atoms with E-state index in [9.17, 15) is 13.9 Å². The molecule has 0 spiro atoms. The van der Waals surface area contributed by atoms with Gasteiger partial charge in [-0.05, 0) is 0 Å². The Bertz CT molecular complexity index is 703. The lowest BCUT2D eigenvalue weighted by Crippen LogP contribution is -2.43. The van der Waals surface area contributed by atoms with Crippen LogP contribution >= 0.6 is 0 Å². The van der Waals surface area contributed by atoms with E-state index in [-0.39, 0.29) is 22.7 Å². The van der Waals surface area contributed by atoms with Gasteiger partial charge in [0, 0.05) is 0 Å². The quantitative estimate of drug-likeness (QED) is 0.569. The highest BCUT2D eigenvalue weighted by Gasteiger charge is 2.58. The lowest BCUT2D eigenvalue weighted by Gasteiger charge is -2.21. The third kappa shape index (κ3) is 2.19. The fourth-order valence-electron chi connectivity index (χ4n) is 2.14. The van der Waals surface area contributed by atoms with Gasteiger partial charge in [-0.2, -0.15) is 8.78 Å². The number of nitrogens with one attached hydrogen (secondary N) is 1. The zero-order chi connectivity index (χ0) is 15.9. The summed E-state index contributed by atoms with van der Waals surface area (Å²) in [6.07, 6.45) is -3.17. The maximum atomic E-state index is 14.0. The minimum atomic E-state index is -3.62. The number of hydrogen-bond donors (Lipinski definition) is 4. The Labute approximate surface area is 122 Å². The first kappa shape index (κ1) is 14.7. The van der Waals surface area contributed by atoms with Gasteiger partial charge in [0.2, 0.25) is 0 Å². The standard InChI is InChI=1S/C11H12F2N6O3/c12-11(13)7(21)4(1-20)22-10(11)19-9-6-5(15-3-18-9)8(14)17-2-16-6/h2-4,7,10,20-21H,1H2,(H2,14,16,17)(H,15,18,19)/t4-,7-,10+/m1/s1. The average molecular weight is 314 g/mol. The topological polar surface area (TPSA) is 139 Å². The van der Waals surface area contributed by atoms with Crippen molar-refractivity contribution in [3.05, 3.63) is 12.7 Å². The number of nitrogens with two attached hydrogens (primary N) is 1. The first-order valence-electron chi connectivity index (χ1n) is 6.25. The summed E-state index contributed by atoms with van der Waals surface area (Å²) in [6, 6.07) is 0. The number of nitrogens with zero attached hydrogens (tertiary/aromatic N) is 4. The summed E-state index contributed by atoms with van der Waals surface area (Å²) in [4.78, 5) is 15.3. The lowest BCUT2D eigenvalue weighted by atomic mass is 10.1. The van der Waals surface area contributed by atoms with Gasteiger partial charge in [0.25, 0.3) is 0 Å². The molecule has 2 aromatic heterocycles. The molecule has 3 heterocycles. The van der Waals surface area contributed by atoms with Crippen molar-refractivity contribution in [1.82, 2.24) is 19.9 Å². The molecule has 1 fully saturated rings. The summed E-state index contributed by atoms with van der Waals surface area (Å²) >= 11 is 0. The van der Waals surface area contributed by atoms with E-state index in [1.54, 1.807) is 0 Å². The molecule has 0 aliphatic carbocycles. The molecule has 0 amide bonds. The first-order valence-corrected chi connectivity index (χ1v) is 6.25. The minimum absolute atomic E-state index is 0.0467. The Balaban J connectivity index is 1.96. The molecule has 0 saturated carbocycles.